The van der Waals surface area contributed by atoms with E-state index in [-0.39, 0.29) is 5.43 Å². The van der Waals surface area contributed by atoms with Gasteiger partial charge in [0.05, 0.1) is 12.8 Å². The molecule has 1 aromatic heterocycles. The monoisotopic (exact) mass is 341 g/mol. The second-order valence-corrected chi connectivity index (χ2v) is 6.78. The summed E-state index contributed by atoms with van der Waals surface area (Å²) in [5, 5.41) is 0. The summed E-state index contributed by atoms with van der Waals surface area (Å²) in [6.45, 7) is 1.89. The number of aromatic amines is 1. The molecule has 1 heterocycles. The van der Waals surface area contributed by atoms with E-state index in [2.05, 4.69) is 35.3 Å². The summed E-state index contributed by atoms with van der Waals surface area (Å²) in [5.74, 6) is 0.430. The lowest BCUT2D eigenvalue weighted by Gasteiger charge is -2.07. The highest BCUT2D eigenvalue weighted by atomic mass is 16.5. The zero-order chi connectivity index (χ0) is 17.9. The van der Waals surface area contributed by atoms with Gasteiger partial charge in [0.15, 0.2) is 5.75 Å². The summed E-state index contributed by atoms with van der Waals surface area (Å²) in [4.78, 5) is 15.2. The number of hydrogen-bond donors (Lipinski definition) is 1. The molecule has 0 aliphatic rings. The largest absolute Gasteiger partial charge is 0.491 e. The fraction of sp³-hybridized carbons (Fsp3) is 0.500. The van der Waals surface area contributed by atoms with E-state index in [1.54, 1.807) is 6.07 Å². The number of ether oxygens (including phenoxy) is 1. The molecule has 0 spiro atoms. The smallest absolute Gasteiger partial charge is 0.223 e. The number of hydrogen-bond acceptors (Lipinski definition) is 2. The number of benzene rings is 1. The molecule has 1 N–H and O–H groups in total. The minimum atomic E-state index is -0.0211. The van der Waals surface area contributed by atoms with Gasteiger partial charge in [-0.05, 0) is 38.2 Å². The molecule has 0 aliphatic heterocycles. The summed E-state index contributed by atoms with van der Waals surface area (Å²) in [6, 6.07) is 12.4. The molecule has 0 radical (unpaired) electrons. The predicted octanol–water partition coefficient (Wildman–Crippen LogP) is 5.21. The first kappa shape index (κ1) is 19.3. The molecule has 0 saturated heterocycles. The van der Waals surface area contributed by atoms with Crippen molar-refractivity contribution in [1.29, 1.82) is 0 Å². The number of rotatable bonds is 11. The van der Waals surface area contributed by atoms with E-state index < -0.39 is 0 Å². The highest BCUT2D eigenvalue weighted by Crippen LogP contribution is 2.13. The maximum atomic E-state index is 11.9. The quantitative estimate of drug-likeness (QED) is 0.570. The molecule has 0 aliphatic carbocycles. The highest BCUT2D eigenvalue weighted by Gasteiger charge is 2.06. The van der Waals surface area contributed by atoms with Gasteiger partial charge in [-0.25, -0.2) is 0 Å². The molecule has 3 nitrogen and oxygen atoms in total. The third kappa shape index (κ3) is 6.77. The molecule has 0 bridgehead atoms. The fourth-order valence-corrected chi connectivity index (χ4v) is 3.30. The number of unbranched alkanes of at least 4 members (excludes halogenated alkanes) is 6. The van der Waals surface area contributed by atoms with Crippen LogP contribution in [0.2, 0.25) is 0 Å². The zero-order valence-electron chi connectivity index (χ0n) is 15.6. The van der Waals surface area contributed by atoms with Crippen LogP contribution in [0.4, 0.5) is 0 Å². The number of methoxy groups -OCH3 is 1. The first-order valence-electron chi connectivity index (χ1n) is 9.51. The van der Waals surface area contributed by atoms with E-state index in [1.807, 2.05) is 6.92 Å². The molecule has 0 fully saturated rings. The molecule has 25 heavy (non-hydrogen) atoms. The Hall–Kier alpha value is -2.03. The number of aryl methyl sites for hydroxylation is 3. The Bertz CT molecular complexity index is 676. The minimum absolute atomic E-state index is 0.0211. The van der Waals surface area contributed by atoms with Crippen molar-refractivity contribution in [2.75, 3.05) is 7.11 Å². The molecule has 0 unspecified atom stereocenters. The topological polar surface area (TPSA) is 42.1 Å². The van der Waals surface area contributed by atoms with Crippen molar-refractivity contribution in [3.8, 4) is 5.75 Å². The van der Waals surface area contributed by atoms with Gasteiger partial charge in [-0.3, -0.25) is 4.79 Å². The van der Waals surface area contributed by atoms with Gasteiger partial charge in [-0.2, -0.15) is 0 Å². The van der Waals surface area contributed by atoms with E-state index in [9.17, 15) is 4.79 Å². The Kier molecular flexibility index (Phi) is 8.30. The van der Waals surface area contributed by atoms with Crippen LogP contribution in [-0.4, -0.2) is 12.1 Å². The lowest BCUT2D eigenvalue weighted by Crippen LogP contribution is -2.10. The van der Waals surface area contributed by atoms with Crippen LogP contribution in [0.3, 0.4) is 0 Å². The number of pyridine rings is 1. The zero-order valence-corrected chi connectivity index (χ0v) is 15.6. The average molecular weight is 341 g/mol. The van der Waals surface area contributed by atoms with E-state index in [0.29, 0.717) is 5.75 Å². The van der Waals surface area contributed by atoms with Gasteiger partial charge >= 0.3 is 0 Å². The van der Waals surface area contributed by atoms with Crippen LogP contribution in [-0.2, 0) is 12.8 Å². The van der Waals surface area contributed by atoms with Crippen LogP contribution in [0.15, 0.2) is 41.2 Å². The molecule has 2 aromatic rings. The standard InChI is InChI=1S/C22H31NO2/c1-18-22(25-2)21(24)17-20(23-18)16-12-7-5-3-4-6-9-13-19-14-10-8-11-15-19/h8,10-11,14-15,17H,3-7,9,12-13,16H2,1-2H3,(H,23,24). The van der Waals surface area contributed by atoms with Crippen molar-refractivity contribution in [2.24, 2.45) is 0 Å². The maximum Gasteiger partial charge on any atom is 0.223 e. The SMILES string of the molecule is COc1c(C)[nH]c(CCCCCCCCCc2ccccc2)cc1=O. The van der Waals surface area contributed by atoms with E-state index >= 15 is 0 Å². The molecular formula is C22H31NO2. The van der Waals surface area contributed by atoms with Crippen molar-refractivity contribution < 1.29 is 4.74 Å². The molecule has 0 amide bonds. The normalized spacial score (nSPS) is 10.8. The average Bonchev–Trinajstić information content (AvgIpc) is 2.61. The number of H-pyrrole nitrogens is 1. The summed E-state index contributed by atoms with van der Waals surface area (Å²) in [7, 11) is 1.54. The maximum absolute atomic E-state index is 11.9. The summed E-state index contributed by atoms with van der Waals surface area (Å²) >= 11 is 0. The van der Waals surface area contributed by atoms with Crippen molar-refractivity contribution >= 4 is 0 Å². The van der Waals surface area contributed by atoms with E-state index in [4.69, 9.17) is 4.74 Å². The molecule has 0 saturated carbocycles. The van der Waals surface area contributed by atoms with Gasteiger partial charge in [0.2, 0.25) is 5.43 Å². The van der Waals surface area contributed by atoms with E-state index in [1.165, 1.54) is 57.6 Å². The predicted molar refractivity (Wildman–Crippen MR) is 105 cm³/mol. The van der Waals surface area contributed by atoms with Crippen LogP contribution in [0.25, 0.3) is 0 Å². The first-order valence-corrected chi connectivity index (χ1v) is 9.51. The molecule has 136 valence electrons. The Labute approximate surface area is 151 Å². The van der Waals surface area contributed by atoms with Gasteiger partial charge in [0.25, 0.3) is 0 Å². The van der Waals surface area contributed by atoms with Crippen LogP contribution >= 0.6 is 0 Å². The lowest BCUT2D eigenvalue weighted by atomic mass is 10.0. The van der Waals surface area contributed by atoms with Gasteiger partial charge in [-0.15, -0.1) is 0 Å². The lowest BCUT2D eigenvalue weighted by molar-refractivity contribution is 0.404. The Morgan fingerprint density at radius 3 is 2.08 bits per heavy atom. The highest BCUT2D eigenvalue weighted by molar-refractivity contribution is 5.28. The molecule has 2 rings (SSSR count). The second-order valence-electron chi connectivity index (χ2n) is 6.78. The van der Waals surface area contributed by atoms with Crippen molar-refractivity contribution in [3.05, 3.63) is 63.6 Å². The number of aromatic nitrogens is 1. The molecule has 3 heteroatoms. The summed E-state index contributed by atoms with van der Waals surface area (Å²) < 4.78 is 5.10. The van der Waals surface area contributed by atoms with Crippen LogP contribution in [0.5, 0.6) is 5.75 Å². The van der Waals surface area contributed by atoms with Gasteiger partial charge in [0, 0.05) is 11.8 Å². The first-order chi connectivity index (χ1) is 12.2. The van der Waals surface area contributed by atoms with Crippen molar-refractivity contribution in [3.63, 3.8) is 0 Å². The molecule has 1 aromatic carbocycles. The van der Waals surface area contributed by atoms with Crippen LogP contribution in [0.1, 0.15) is 61.9 Å². The Morgan fingerprint density at radius 2 is 1.48 bits per heavy atom. The molecule has 0 atom stereocenters. The Morgan fingerprint density at radius 1 is 0.880 bits per heavy atom. The van der Waals surface area contributed by atoms with Crippen LogP contribution < -0.4 is 10.2 Å². The Balaban J connectivity index is 1.53. The summed E-state index contributed by atoms with van der Waals surface area (Å²) in [5.41, 5.74) is 3.27. The third-order valence-electron chi connectivity index (χ3n) is 4.68. The fourth-order valence-electron chi connectivity index (χ4n) is 3.30. The van der Waals surface area contributed by atoms with Gasteiger partial charge in [-0.1, -0.05) is 62.4 Å². The summed E-state index contributed by atoms with van der Waals surface area (Å²) in [6.07, 6.45) is 11.0. The van der Waals surface area contributed by atoms with Crippen molar-refractivity contribution in [2.45, 2.75) is 64.7 Å². The van der Waals surface area contributed by atoms with Crippen LogP contribution in [0, 0.1) is 6.92 Å². The molecular weight excluding hydrogens is 310 g/mol. The van der Waals surface area contributed by atoms with Gasteiger partial charge < -0.3 is 9.72 Å². The van der Waals surface area contributed by atoms with Gasteiger partial charge in [0.1, 0.15) is 0 Å². The van der Waals surface area contributed by atoms with E-state index in [0.717, 1.165) is 24.2 Å². The second kappa shape index (κ2) is 10.8. The minimum Gasteiger partial charge on any atom is -0.491 e. The third-order valence-corrected chi connectivity index (χ3v) is 4.68. The van der Waals surface area contributed by atoms with Crippen molar-refractivity contribution in [1.82, 2.24) is 4.98 Å². The number of nitrogens with one attached hydrogen (secondary N) is 1.